The van der Waals surface area contributed by atoms with E-state index in [1.165, 1.54) is 0 Å². The van der Waals surface area contributed by atoms with Crippen molar-refractivity contribution in [2.75, 3.05) is 6.61 Å². The first-order chi connectivity index (χ1) is 11.8. The van der Waals surface area contributed by atoms with Crippen LogP contribution in [0.1, 0.15) is 52.4 Å². The Bertz CT molecular complexity index is 610. The fourth-order valence-corrected chi connectivity index (χ4v) is 3.90. The maximum absolute atomic E-state index is 12.2. The Morgan fingerprint density at radius 3 is 2.84 bits per heavy atom. The monoisotopic (exact) mass is 350 g/mol. The first-order valence-corrected chi connectivity index (χ1v) is 9.10. The average Bonchev–Trinajstić information content (AvgIpc) is 2.95. The molecule has 1 aromatic heterocycles. The van der Waals surface area contributed by atoms with Crippen LogP contribution >= 0.6 is 0 Å². The van der Waals surface area contributed by atoms with Gasteiger partial charge in [-0.3, -0.25) is 0 Å². The highest BCUT2D eigenvalue weighted by molar-refractivity contribution is 5.68. The van der Waals surface area contributed by atoms with E-state index in [9.17, 15) is 4.79 Å². The van der Waals surface area contributed by atoms with Crippen LogP contribution < -0.4 is 10.6 Å². The third kappa shape index (κ3) is 3.98. The van der Waals surface area contributed by atoms with Crippen molar-refractivity contribution in [2.45, 2.75) is 70.4 Å². The minimum atomic E-state index is -0.501. The summed E-state index contributed by atoms with van der Waals surface area (Å²) >= 11 is 0. The Hall–Kier alpha value is -1.60. The van der Waals surface area contributed by atoms with Crippen molar-refractivity contribution in [3.63, 3.8) is 0 Å². The number of carbonyl (C=O) groups is 1. The lowest BCUT2D eigenvalue weighted by molar-refractivity contribution is -0.130. The summed E-state index contributed by atoms with van der Waals surface area (Å²) in [7, 11) is 1.98. The molecule has 7 heteroatoms. The largest absolute Gasteiger partial charge is 0.444 e. The van der Waals surface area contributed by atoms with Crippen molar-refractivity contribution in [1.29, 1.82) is 0 Å². The number of imidazole rings is 1. The van der Waals surface area contributed by atoms with E-state index < -0.39 is 5.60 Å². The summed E-state index contributed by atoms with van der Waals surface area (Å²) in [6.07, 6.45) is 5.61. The van der Waals surface area contributed by atoms with Crippen molar-refractivity contribution in [3.8, 4) is 0 Å². The number of hydrogen-bond acceptors (Lipinski definition) is 5. The number of rotatable bonds is 4. The molecule has 3 rings (SSSR count). The molecule has 5 atom stereocenters. The van der Waals surface area contributed by atoms with Crippen LogP contribution in [0.2, 0.25) is 0 Å². The zero-order chi connectivity index (χ0) is 18.2. The molecule has 0 aromatic carbocycles. The number of hydrogen-bond donors (Lipinski definition) is 2. The van der Waals surface area contributed by atoms with Gasteiger partial charge in [-0.1, -0.05) is 0 Å². The number of aromatic nitrogens is 2. The van der Waals surface area contributed by atoms with Gasteiger partial charge in [0.1, 0.15) is 11.4 Å². The first-order valence-electron chi connectivity index (χ1n) is 9.10. The fourth-order valence-electron chi connectivity index (χ4n) is 3.90. The second kappa shape index (κ2) is 6.96. The Morgan fingerprint density at radius 2 is 2.20 bits per heavy atom. The molecule has 1 amide bonds. The number of ether oxygens (including phenoxy) is 2. The van der Waals surface area contributed by atoms with Gasteiger partial charge >= 0.3 is 6.09 Å². The van der Waals surface area contributed by atoms with Gasteiger partial charge in [0.2, 0.25) is 0 Å². The van der Waals surface area contributed by atoms with Crippen LogP contribution in [0.25, 0.3) is 0 Å². The maximum atomic E-state index is 12.2. The van der Waals surface area contributed by atoms with E-state index in [2.05, 4.69) is 22.5 Å². The van der Waals surface area contributed by atoms with Crippen molar-refractivity contribution in [1.82, 2.24) is 20.2 Å². The van der Waals surface area contributed by atoms with Crippen molar-refractivity contribution < 1.29 is 14.3 Å². The predicted octanol–water partition coefficient (Wildman–Crippen LogP) is 2.14. The first kappa shape index (κ1) is 18.2. The quantitative estimate of drug-likeness (QED) is 0.870. The predicted molar refractivity (Wildman–Crippen MR) is 94.2 cm³/mol. The third-order valence-electron chi connectivity index (χ3n) is 4.99. The standard InChI is InChI=1S/C18H30N4O3/c1-11(16-19-8-9-22(16)5)20-14-13(12-7-6-10-24-15(12)14)21-17(23)25-18(2,3)4/h8-9,11-15,20H,6-7,10H2,1-5H3,(H,21,23). The lowest BCUT2D eigenvalue weighted by atomic mass is 9.68. The molecule has 2 heterocycles. The van der Waals surface area contributed by atoms with E-state index >= 15 is 0 Å². The summed E-state index contributed by atoms with van der Waals surface area (Å²) in [5, 5.41) is 6.66. The van der Waals surface area contributed by atoms with E-state index in [-0.39, 0.29) is 30.3 Å². The zero-order valence-corrected chi connectivity index (χ0v) is 15.8. The van der Waals surface area contributed by atoms with Gasteiger partial charge in [-0.25, -0.2) is 9.78 Å². The van der Waals surface area contributed by atoms with Gasteiger partial charge in [-0.2, -0.15) is 0 Å². The lowest BCUT2D eigenvalue weighted by Gasteiger charge is -2.54. The molecule has 1 aliphatic heterocycles. The molecule has 25 heavy (non-hydrogen) atoms. The molecule has 1 saturated carbocycles. The Morgan fingerprint density at radius 1 is 1.44 bits per heavy atom. The average molecular weight is 350 g/mol. The summed E-state index contributed by atoms with van der Waals surface area (Å²) < 4.78 is 13.4. The highest BCUT2D eigenvalue weighted by atomic mass is 16.6. The van der Waals surface area contributed by atoms with Gasteiger partial charge in [0.15, 0.2) is 0 Å². The topological polar surface area (TPSA) is 77.4 Å². The van der Waals surface area contributed by atoms with Crippen LogP contribution in [-0.4, -0.2) is 46.0 Å². The molecule has 140 valence electrons. The lowest BCUT2D eigenvalue weighted by Crippen LogP contribution is -2.73. The molecule has 0 bridgehead atoms. The van der Waals surface area contributed by atoms with Gasteiger partial charge in [-0.15, -0.1) is 0 Å². The van der Waals surface area contributed by atoms with Crippen LogP contribution in [0, 0.1) is 5.92 Å². The number of nitrogens with one attached hydrogen (secondary N) is 2. The highest BCUT2D eigenvalue weighted by Gasteiger charge is 2.53. The van der Waals surface area contributed by atoms with E-state index in [4.69, 9.17) is 9.47 Å². The molecular weight excluding hydrogens is 320 g/mol. The van der Waals surface area contributed by atoms with E-state index in [0.717, 1.165) is 25.3 Å². The van der Waals surface area contributed by atoms with Gasteiger partial charge in [0.05, 0.1) is 24.2 Å². The number of amides is 1. The molecule has 1 aromatic rings. The molecule has 2 aliphatic rings. The summed E-state index contributed by atoms with van der Waals surface area (Å²) in [4.78, 5) is 16.6. The molecule has 7 nitrogen and oxygen atoms in total. The number of carbonyl (C=O) groups excluding carboxylic acids is 1. The smallest absolute Gasteiger partial charge is 0.407 e. The minimum Gasteiger partial charge on any atom is -0.444 e. The summed E-state index contributed by atoms with van der Waals surface area (Å²) in [6, 6.07) is 0.145. The Kier molecular flexibility index (Phi) is 5.06. The van der Waals surface area contributed by atoms with Gasteiger partial charge < -0.3 is 24.7 Å². The molecule has 5 unspecified atom stereocenters. The zero-order valence-electron chi connectivity index (χ0n) is 15.8. The number of fused-ring (bicyclic) bond motifs is 1. The Labute approximate surface area is 149 Å². The Balaban J connectivity index is 1.67. The minimum absolute atomic E-state index is 0.0165. The van der Waals surface area contributed by atoms with Crippen LogP contribution in [0.15, 0.2) is 12.4 Å². The van der Waals surface area contributed by atoms with Gasteiger partial charge in [0, 0.05) is 32.0 Å². The van der Waals surface area contributed by atoms with E-state index in [1.807, 2.05) is 38.6 Å². The van der Waals surface area contributed by atoms with Crippen molar-refractivity contribution in [3.05, 3.63) is 18.2 Å². The van der Waals surface area contributed by atoms with Gasteiger partial charge in [-0.05, 0) is 40.5 Å². The van der Waals surface area contributed by atoms with Crippen LogP contribution in [0.4, 0.5) is 4.79 Å². The highest BCUT2D eigenvalue weighted by Crippen LogP contribution is 2.39. The van der Waals surface area contributed by atoms with Gasteiger partial charge in [0.25, 0.3) is 0 Å². The summed E-state index contributed by atoms with van der Waals surface area (Å²) in [6.45, 7) is 8.49. The van der Waals surface area contributed by atoms with Crippen molar-refractivity contribution in [2.24, 2.45) is 13.0 Å². The van der Waals surface area contributed by atoms with E-state index in [1.54, 1.807) is 6.20 Å². The number of nitrogens with zero attached hydrogens (tertiary/aromatic N) is 2. The molecule has 0 spiro atoms. The molecule has 0 radical (unpaired) electrons. The number of alkyl carbamates (subject to hydrolysis) is 1. The number of aryl methyl sites for hydroxylation is 1. The summed E-state index contributed by atoms with van der Waals surface area (Å²) in [5.41, 5.74) is -0.501. The summed E-state index contributed by atoms with van der Waals surface area (Å²) in [5.74, 6) is 1.31. The van der Waals surface area contributed by atoms with Crippen LogP contribution in [0.3, 0.4) is 0 Å². The molecule has 1 saturated heterocycles. The second-order valence-electron chi connectivity index (χ2n) is 8.12. The van der Waals surface area contributed by atoms with Crippen molar-refractivity contribution >= 4 is 6.09 Å². The van der Waals surface area contributed by atoms with Crippen LogP contribution in [-0.2, 0) is 16.5 Å². The normalized spacial score (nSPS) is 30.1. The molecule has 1 aliphatic carbocycles. The third-order valence-corrected chi connectivity index (χ3v) is 4.99. The second-order valence-corrected chi connectivity index (χ2v) is 8.12. The molecular formula is C18H30N4O3. The van der Waals surface area contributed by atoms with Crippen LogP contribution in [0.5, 0.6) is 0 Å². The molecule has 2 N–H and O–H groups in total. The SMILES string of the molecule is CC(NC1C(NC(=O)OC(C)(C)C)C2CCCOC21)c1nccn1C. The van der Waals surface area contributed by atoms with E-state index in [0.29, 0.717) is 5.92 Å². The maximum Gasteiger partial charge on any atom is 0.407 e. The molecule has 2 fully saturated rings. The fraction of sp³-hybridized carbons (Fsp3) is 0.778.